The monoisotopic (exact) mass is 334 g/mol. The van der Waals surface area contributed by atoms with E-state index in [2.05, 4.69) is 58.5 Å². The van der Waals surface area contributed by atoms with Crippen LogP contribution in [0.25, 0.3) is 0 Å². The van der Waals surface area contributed by atoms with Crippen LogP contribution in [-0.4, -0.2) is 37.1 Å². The van der Waals surface area contributed by atoms with Gasteiger partial charge in [-0.1, -0.05) is 60.7 Å². The molecule has 25 heavy (non-hydrogen) atoms. The van der Waals surface area contributed by atoms with Crippen molar-refractivity contribution in [2.45, 2.75) is 31.3 Å². The molecule has 0 spiro atoms. The minimum absolute atomic E-state index is 0.194. The Morgan fingerprint density at radius 3 is 1.56 bits per heavy atom. The fourth-order valence-corrected chi connectivity index (χ4v) is 3.25. The van der Waals surface area contributed by atoms with Crippen molar-refractivity contribution < 1.29 is 9.47 Å². The molecule has 0 bridgehead atoms. The fraction of sp³-hybridized carbons (Fsp3) is 0.333. The number of aliphatic imine (C=N–C) groups is 2. The predicted octanol–water partition coefficient (Wildman–Crippen LogP) is 3.46. The number of rotatable bonds is 6. The van der Waals surface area contributed by atoms with Crippen LogP contribution in [0.4, 0.5) is 0 Å². The SMILES string of the molecule is c1ccc(C[C@H]2COC(CC3=N[C@@H](Cc4ccccc4)CO3)=N2)cc1. The summed E-state index contributed by atoms with van der Waals surface area (Å²) in [6.45, 7) is 1.29. The van der Waals surface area contributed by atoms with Crippen LogP contribution in [0.2, 0.25) is 0 Å². The number of hydrogen-bond acceptors (Lipinski definition) is 4. The van der Waals surface area contributed by atoms with Crippen LogP contribution in [0.5, 0.6) is 0 Å². The Kier molecular flexibility index (Phi) is 4.77. The van der Waals surface area contributed by atoms with E-state index < -0.39 is 0 Å². The molecule has 2 aromatic carbocycles. The van der Waals surface area contributed by atoms with Crippen molar-refractivity contribution in [1.29, 1.82) is 0 Å². The summed E-state index contributed by atoms with van der Waals surface area (Å²) >= 11 is 0. The maximum absolute atomic E-state index is 5.74. The summed E-state index contributed by atoms with van der Waals surface area (Å²) in [6.07, 6.45) is 2.39. The molecule has 0 saturated carbocycles. The summed E-state index contributed by atoms with van der Waals surface area (Å²) in [5, 5.41) is 0. The van der Waals surface area contributed by atoms with Gasteiger partial charge in [0.1, 0.15) is 13.2 Å². The van der Waals surface area contributed by atoms with Gasteiger partial charge in [0.25, 0.3) is 0 Å². The highest BCUT2D eigenvalue weighted by atomic mass is 16.5. The van der Waals surface area contributed by atoms with E-state index in [0.29, 0.717) is 19.6 Å². The first-order valence-corrected chi connectivity index (χ1v) is 8.82. The molecule has 2 aromatic rings. The molecule has 0 aliphatic carbocycles. The lowest BCUT2D eigenvalue weighted by Crippen LogP contribution is -2.10. The standard InChI is InChI=1S/C21H22N2O2/c1-3-7-16(8-4-1)11-18-14-24-20(22-18)13-21-23-19(15-25-21)12-17-9-5-2-6-10-17/h1-10,18-19H,11-15H2/t18-,19-/m0/s1. The third kappa shape index (κ3) is 4.27. The highest BCUT2D eigenvalue weighted by molar-refractivity contribution is 5.98. The van der Waals surface area contributed by atoms with Gasteiger partial charge in [0.05, 0.1) is 18.5 Å². The van der Waals surface area contributed by atoms with Gasteiger partial charge in [-0.15, -0.1) is 0 Å². The minimum atomic E-state index is 0.194. The van der Waals surface area contributed by atoms with Gasteiger partial charge in [-0.25, -0.2) is 9.98 Å². The molecule has 0 N–H and O–H groups in total. The van der Waals surface area contributed by atoms with Gasteiger partial charge in [0.15, 0.2) is 11.8 Å². The molecule has 0 aromatic heterocycles. The molecule has 4 rings (SSSR count). The number of nitrogens with zero attached hydrogens (tertiary/aromatic N) is 2. The van der Waals surface area contributed by atoms with Crippen molar-refractivity contribution >= 4 is 11.8 Å². The lowest BCUT2D eigenvalue weighted by molar-refractivity contribution is 0.298. The third-order valence-electron chi connectivity index (χ3n) is 4.47. The molecule has 2 atom stereocenters. The largest absolute Gasteiger partial charge is 0.478 e. The minimum Gasteiger partial charge on any atom is -0.478 e. The van der Waals surface area contributed by atoms with Gasteiger partial charge in [-0.3, -0.25) is 0 Å². The summed E-state index contributed by atoms with van der Waals surface area (Å²) < 4.78 is 11.5. The van der Waals surface area contributed by atoms with E-state index in [-0.39, 0.29) is 12.1 Å². The van der Waals surface area contributed by atoms with Gasteiger partial charge in [-0.2, -0.15) is 0 Å². The summed E-state index contributed by atoms with van der Waals surface area (Å²) in [5.41, 5.74) is 2.58. The zero-order valence-corrected chi connectivity index (χ0v) is 14.2. The fourth-order valence-electron chi connectivity index (χ4n) is 3.25. The smallest absolute Gasteiger partial charge is 0.193 e. The highest BCUT2D eigenvalue weighted by Crippen LogP contribution is 2.17. The first-order chi connectivity index (χ1) is 12.3. The van der Waals surface area contributed by atoms with Crippen molar-refractivity contribution in [3.8, 4) is 0 Å². The van der Waals surface area contributed by atoms with E-state index in [1.165, 1.54) is 11.1 Å². The molecule has 4 nitrogen and oxygen atoms in total. The molecule has 4 heteroatoms. The molecule has 0 unspecified atom stereocenters. The normalized spacial score (nSPS) is 22.1. The average molecular weight is 334 g/mol. The lowest BCUT2D eigenvalue weighted by Gasteiger charge is -2.04. The zero-order valence-electron chi connectivity index (χ0n) is 14.2. The first kappa shape index (κ1) is 15.9. The van der Waals surface area contributed by atoms with Crippen molar-refractivity contribution in [3.05, 3.63) is 71.8 Å². The van der Waals surface area contributed by atoms with Crippen LogP contribution >= 0.6 is 0 Å². The molecular weight excluding hydrogens is 312 g/mol. The Morgan fingerprint density at radius 2 is 1.12 bits per heavy atom. The van der Waals surface area contributed by atoms with Crippen LogP contribution in [-0.2, 0) is 22.3 Å². The molecule has 2 aliphatic heterocycles. The average Bonchev–Trinajstić information content (AvgIpc) is 3.27. The van der Waals surface area contributed by atoms with E-state index in [9.17, 15) is 0 Å². The van der Waals surface area contributed by atoms with Gasteiger partial charge >= 0.3 is 0 Å². The van der Waals surface area contributed by atoms with Gasteiger partial charge in [0, 0.05) is 0 Å². The first-order valence-electron chi connectivity index (χ1n) is 8.82. The Hall–Kier alpha value is -2.62. The van der Waals surface area contributed by atoms with Crippen LogP contribution in [0, 0.1) is 0 Å². The molecule has 128 valence electrons. The number of hydrogen-bond donors (Lipinski definition) is 0. The topological polar surface area (TPSA) is 43.2 Å². The molecule has 2 aliphatic rings. The summed E-state index contributed by atoms with van der Waals surface area (Å²) in [5.74, 6) is 1.50. The lowest BCUT2D eigenvalue weighted by atomic mass is 10.1. The van der Waals surface area contributed by atoms with Gasteiger partial charge in [-0.05, 0) is 24.0 Å². The second kappa shape index (κ2) is 7.51. The Morgan fingerprint density at radius 1 is 0.680 bits per heavy atom. The van der Waals surface area contributed by atoms with E-state index in [1.54, 1.807) is 0 Å². The zero-order chi connectivity index (χ0) is 16.9. The second-order valence-corrected chi connectivity index (χ2v) is 6.53. The molecule has 0 amide bonds. The van der Waals surface area contributed by atoms with E-state index in [0.717, 1.165) is 24.6 Å². The predicted molar refractivity (Wildman–Crippen MR) is 99.3 cm³/mol. The maximum atomic E-state index is 5.74. The van der Waals surface area contributed by atoms with Crippen molar-refractivity contribution in [1.82, 2.24) is 0 Å². The molecule has 0 fully saturated rings. The van der Waals surface area contributed by atoms with Crippen molar-refractivity contribution in [3.63, 3.8) is 0 Å². The Balaban J connectivity index is 1.32. The quantitative estimate of drug-likeness (QED) is 0.812. The maximum Gasteiger partial charge on any atom is 0.193 e. The molecular formula is C21H22N2O2. The van der Waals surface area contributed by atoms with Gasteiger partial charge < -0.3 is 9.47 Å². The highest BCUT2D eigenvalue weighted by Gasteiger charge is 2.25. The Labute approximate surface area is 148 Å². The van der Waals surface area contributed by atoms with Crippen LogP contribution in [0.15, 0.2) is 70.6 Å². The van der Waals surface area contributed by atoms with Crippen molar-refractivity contribution in [2.24, 2.45) is 9.98 Å². The van der Waals surface area contributed by atoms with E-state index in [1.807, 2.05) is 12.1 Å². The molecule has 2 heterocycles. The molecule has 0 saturated heterocycles. The van der Waals surface area contributed by atoms with E-state index in [4.69, 9.17) is 9.47 Å². The van der Waals surface area contributed by atoms with Crippen LogP contribution in [0.3, 0.4) is 0 Å². The second-order valence-electron chi connectivity index (χ2n) is 6.53. The Bertz CT molecular complexity index is 690. The van der Waals surface area contributed by atoms with Crippen molar-refractivity contribution in [2.75, 3.05) is 13.2 Å². The number of benzene rings is 2. The summed E-state index contributed by atoms with van der Waals surface area (Å²) in [6, 6.07) is 21.2. The summed E-state index contributed by atoms with van der Waals surface area (Å²) in [7, 11) is 0. The third-order valence-corrected chi connectivity index (χ3v) is 4.47. The van der Waals surface area contributed by atoms with E-state index >= 15 is 0 Å². The van der Waals surface area contributed by atoms with Gasteiger partial charge in [0.2, 0.25) is 0 Å². The summed E-state index contributed by atoms with van der Waals surface area (Å²) in [4.78, 5) is 9.38. The molecule has 0 radical (unpaired) electrons. The van der Waals surface area contributed by atoms with Crippen LogP contribution in [0.1, 0.15) is 17.5 Å². The number of ether oxygens (including phenoxy) is 2. The van der Waals surface area contributed by atoms with Crippen LogP contribution < -0.4 is 0 Å².